The minimum absolute atomic E-state index is 0.108. The van der Waals surface area contributed by atoms with Gasteiger partial charge < -0.3 is 39.0 Å². The molecular formula is C16H28O7-2. The van der Waals surface area contributed by atoms with Gasteiger partial charge >= 0.3 is 11.9 Å². The van der Waals surface area contributed by atoms with E-state index in [1.807, 2.05) is 0 Å². The second-order valence-electron chi connectivity index (χ2n) is 5.63. The topological polar surface area (TPSA) is 124 Å². The molecule has 7 nitrogen and oxygen atoms in total. The molecule has 7 heteroatoms. The van der Waals surface area contributed by atoms with E-state index >= 15 is 0 Å². The lowest BCUT2D eigenvalue weighted by Crippen LogP contribution is -2.32. The summed E-state index contributed by atoms with van der Waals surface area (Å²) in [6.45, 7) is 7.19. The largest absolute Gasteiger partial charge is 0.481 e. The van der Waals surface area contributed by atoms with Gasteiger partial charge in [0.1, 0.15) is 6.10 Å². The van der Waals surface area contributed by atoms with Crippen molar-refractivity contribution in [2.24, 2.45) is 0 Å². The highest BCUT2D eigenvalue weighted by atomic mass is 16.5. The summed E-state index contributed by atoms with van der Waals surface area (Å²) in [6, 6.07) is 0. The molecule has 0 radical (unpaired) electrons. The summed E-state index contributed by atoms with van der Waals surface area (Å²) in [5.41, 5.74) is 0. The van der Waals surface area contributed by atoms with Gasteiger partial charge in [0.25, 0.3) is 0 Å². The van der Waals surface area contributed by atoms with Gasteiger partial charge in [0, 0.05) is 6.42 Å². The van der Waals surface area contributed by atoms with E-state index in [0.29, 0.717) is 19.3 Å². The molecule has 0 aromatic heterocycles. The Bertz CT molecular complexity index is 345. The Hall–Kier alpha value is -1.18. The minimum atomic E-state index is -1.05. The van der Waals surface area contributed by atoms with E-state index in [9.17, 15) is 9.59 Å². The van der Waals surface area contributed by atoms with Crippen molar-refractivity contribution in [2.75, 3.05) is 0 Å². The maximum Gasteiger partial charge on any atom is 0.308 e. The smallest absolute Gasteiger partial charge is 0.308 e. The van der Waals surface area contributed by atoms with Gasteiger partial charge in [0.2, 0.25) is 0 Å². The molecule has 1 unspecified atom stereocenters. The normalized spacial score (nSPS) is 23.3. The van der Waals surface area contributed by atoms with Crippen molar-refractivity contribution < 1.29 is 34.8 Å². The van der Waals surface area contributed by atoms with Crippen LogP contribution in [0.15, 0.2) is 0 Å². The van der Waals surface area contributed by atoms with Gasteiger partial charge in [-0.2, -0.15) is 12.8 Å². The fourth-order valence-corrected chi connectivity index (χ4v) is 2.22. The summed E-state index contributed by atoms with van der Waals surface area (Å²) in [6.07, 6.45) is 0.883. The molecule has 23 heavy (non-hydrogen) atoms. The molecule has 1 rings (SSSR count). The predicted molar refractivity (Wildman–Crippen MR) is 83.2 cm³/mol. The van der Waals surface area contributed by atoms with Gasteiger partial charge in [0.05, 0.1) is 31.2 Å². The Kier molecular flexibility index (Phi) is 11.6. The Morgan fingerprint density at radius 2 is 1.91 bits per heavy atom. The first-order valence-electron chi connectivity index (χ1n) is 7.82. The molecular weight excluding hydrogens is 304 g/mol. The van der Waals surface area contributed by atoms with E-state index in [0.717, 1.165) is 12.8 Å². The number of carbonyl (C=O) groups excluding carboxylic acids is 1. The molecule has 4 atom stereocenters. The number of carboxylic acids is 1. The number of aliphatic hydroxyl groups is 3. The fourth-order valence-electron chi connectivity index (χ4n) is 2.22. The van der Waals surface area contributed by atoms with Crippen LogP contribution in [0.4, 0.5) is 0 Å². The summed E-state index contributed by atoms with van der Waals surface area (Å²) in [5.74, 6) is -1.34. The summed E-state index contributed by atoms with van der Waals surface area (Å²) in [5, 5.41) is 35.6. The first-order valence-corrected chi connectivity index (χ1v) is 7.82. The van der Waals surface area contributed by atoms with Crippen LogP contribution in [-0.2, 0) is 14.3 Å². The third-order valence-electron chi connectivity index (χ3n) is 3.25. The first-order chi connectivity index (χ1) is 10.8. The van der Waals surface area contributed by atoms with Gasteiger partial charge in [-0.3, -0.25) is 9.59 Å². The molecule has 0 spiro atoms. The Balaban J connectivity index is 0.000000422. The zero-order valence-electron chi connectivity index (χ0n) is 13.4. The number of hydrogen-bond donors (Lipinski definition) is 4. The summed E-state index contributed by atoms with van der Waals surface area (Å²) >= 11 is 0. The maximum atomic E-state index is 10.8. The molecule has 0 aliphatic carbocycles. The van der Waals surface area contributed by atoms with Crippen LogP contribution in [-0.4, -0.2) is 56.8 Å². The highest BCUT2D eigenvalue weighted by molar-refractivity contribution is 5.70. The third kappa shape index (κ3) is 12.0. The van der Waals surface area contributed by atoms with Gasteiger partial charge in [-0.05, 0) is 12.8 Å². The van der Waals surface area contributed by atoms with Gasteiger partial charge in [0.15, 0.2) is 0 Å². The minimum Gasteiger partial charge on any atom is -0.481 e. The van der Waals surface area contributed by atoms with Crippen molar-refractivity contribution in [1.29, 1.82) is 0 Å². The highest BCUT2D eigenvalue weighted by Gasteiger charge is 2.25. The Morgan fingerprint density at radius 1 is 1.26 bits per heavy atom. The number of rotatable bonds is 8. The number of esters is 1. The molecule has 0 bridgehead atoms. The number of carbonyl (C=O) groups is 2. The van der Waals surface area contributed by atoms with Crippen molar-refractivity contribution in [3.8, 4) is 0 Å². The lowest BCUT2D eigenvalue weighted by molar-refractivity contribution is -0.160. The molecule has 0 aromatic rings. The maximum absolute atomic E-state index is 10.8. The fraction of sp³-hybridized carbons (Fsp3) is 0.750. The number of cyclic esters (lactones) is 1. The van der Waals surface area contributed by atoms with Crippen LogP contribution in [0.25, 0.3) is 0 Å². The SMILES string of the molecule is [CH2-]CCC1C[C@@H](O)CC(=O)O1.[CH2-]CC[C@@H](O)C[C@@H](O)CC(=O)O. The number of hydrogen-bond acceptors (Lipinski definition) is 6. The molecule has 136 valence electrons. The zero-order valence-corrected chi connectivity index (χ0v) is 13.4. The van der Waals surface area contributed by atoms with Crippen LogP contribution >= 0.6 is 0 Å². The molecule has 4 N–H and O–H groups in total. The van der Waals surface area contributed by atoms with Crippen LogP contribution in [0.3, 0.4) is 0 Å². The van der Waals surface area contributed by atoms with Crippen molar-refractivity contribution in [1.82, 2.24) is 0 Å². The number of aliphatic carboxylic acids is 1. The second kappa shape index (κ2) is 12.3. The zero-order chi connectivity index (χ0) is 17.8. The van der Waals surface area contributed by atoms with Gasteiger partial charge in [-0.15, -0.1) is 0 Å². The molecule has 1 aliphatic rings. The predicted octanol–water partition coefficient (Wildman–Crippen LogP) is 0.854. The van der Waals surface area contributed by atoms with Crippen LogP contribution in [0.2, 0.25) is 0 Å². The first kappa shape index (κ1) is 21.8. The Morgan fingerprint density at radius 3 is 2.39 bits per heavy atom. The van der Waals surface area contributed by atoms with E-state index in [-0.39, 0.29) is 31.3 Å². The van der Waals surface area contributed by atoms with E-state index in [2.05, 4.69) is 13.8 Å². The summed E-state index contributed by atoms with van der Waals surface area (Å²) in [4.78, 5) is 20.9. The third-order valence-corrected chi connectivity index (χ3v) is 3.25. The van der Waals surface area contributed by atoms with E-state index in [1.165, 1.54) is 0 Å². The lowest BCUT2D eigenvalue weighted by Gasteiger charge is -2.26. The van der Waals surface area contributed by atoms with E-state index in [4.69, 9.17) is 25.2 Å². The molecule has 1 heterocycles. The van der Waals surface area contributed by atoms with E-state index in [1.54, 1.807) is 0 Å². The van der Waals surface area contributed by atoms with Crippen molar-refractivity contribution in [2.45, 2.75) is 75.8 Å². The quantitative estimate of drug-likeness (QED) is 0.384. The monoisotopic (exact) mass is 332 g/mol. The molecule has 0 aromatic carbocycles. The lowest BCUT2D eigenvalue weighted by atomic mass is 10.0. The van der Waals surface area contributed by atoms with Gasteiger partial charge in [-0.1, -0.05) is 6.42 Å². The van der Waals surface area contributed by atoms with Crippen LogP contribution in [0.5, 0.6) is 0 Å². The molecule has 0 amide bonds. The number of carboxylic acid groups (broad SMARTS) is 1. The Labute approximate surface area is 137 Å². The highest BCUT2D eigenvalue weighted by Crippen LogP contribution is 2.18. The van der Waals surface area contributed by atoms with E-state index < -0.39 is 24.3 Å². The van der Waals surface area contributed by atoms with Crippen LogP contribution < -0.4 is 0 Å². The van der Waals surface area contributed by atoms with Crippen LogP contribution in [0, 0.1) is 13.8 Å². The van der Waals surface area contributed by atoms with Crippen LogP contribution in [0.1, 0.15) is 51.4 Å². The molecule has 1 saturated heterocycles. The molecule has 0 saturated carbocycles. The average Bonchev–Trinajstić information content (AvgIpc) is 2.37. The molecule has 1 aliphatic heterocycles. The average molecular weight is 332 g/mol. The van der Waals surface area contributed by atoms with Gasteiger partial charge in [-0.25, -0.2) is 0 Å². The van der Waals surface area contributed by atoms with Crippen molar-refractivity contribution in [3.63, 3.8) is 0 Å². The molecule has 1 fully saturated rings. The van der Waals surface area contributed by atoms with Crippen molar-refractivity contribution in [3.05, 3.63) is 13.8 Å². The number of aliphatic hydroxyl groups excluding tert-OH is 3. The second-order valence-corrected chi connectivity index (χ2v) is 5.63. The summed E-state index contributed by atoms with van der Waals surface area (Å²) < 4.78 is 4.96. The standard InChI is InChI=1S/C8H15O4.C8H13O3/c1-2-3-6(9)4-7(10)5-8(11)12;1-2-3-7-4-6(9)5-8(10)11-7/h6-7,9-10H,1-5H2,(H,11,12);6-7,9H,1-5H2/q2*-1/t6-,7-;6-,7?/m11/s1. The summed E-state index contributed by atoms with van der Waals surface area (Å²) in [7, 11) is 0. The number of ether oxygens (including phenoxy) is 1. The van der Waals surface area contributed by atoms with Crippen molar-refractivity contribution >= 4 is 11.9 Å².